The lowest BCUT2D eigenvalue weighted by atomic mass is 10.1. The molecule has 1 amide bonds. The van der Waals surface area contributed by atoms with Crippen molar-refractivity contribution in [2.24, 2.45) is 0 Å². The van der Waals surface area contributed by atoms with Crippen LogP contribution in [0.5, 0.6) is 11.5 Å². The third kappa shape index (κ3) is 4.60. The van der Waals surface area contributed by atoms with Crippen LogP contribution in [-0.4, -0.2) is 60.7 Å². The van der Waals surface area contributed by atoms with Gasteiger partial charge in [-0.2, -0.15) is 0 Å². The minimum absolute atomic E-state index is 0.00796. The third-order valence-electron chi connectivity index (χ3n) is 4.99. The third-order valence-corrected chi connectivity index (χ3v) is 4.99. The van der Waals surface area contributed by atoms with Crippen molar-refractivity contribution in [1.82, 2.24) is 25.2 Å². The van der Waals surface area contributed by atoms with Crippen molar-refractivity contribution in [2.45, 2.75) is 13.0 Å². The van der Waals surface area contributed by atoms with E-state index in [9.17, 15) is 4.79 Å². The Morgan fingerprint density at radius 1 is 1.10 bits per heavy atom. The number of hydrogen-bond acceptors (Lipinski definition) is 6. The number of likely N-dealkylation sites (N-methyl/N-ethyl adjacent to an activating group) is 1. The van der Waals surface area contributed by atoms with Gasteiger partial charge in [0, 0.05) is 12.6 Å². The average Bonchev–Trinajstić information content (AvgIpc) is 3.15. The normalized spacial score (nSPS) is 11.9. The molecule has 3 rings (SSSR count). The molecule has 8 heteroatoms. The van der Waals surface area contributed by atoms with E-state index in [1.807, 2.05) is 69.6 Å². The van der Waals surface area contributed by atoms with Gasteiger partial charge < -0.3 is 19.7 Å². The van der Waals surface area contributed by atoms with E-state index in [-0.39, 0.29) is 11.9 Å². The zero-order valence-corrected chi connectivity index (χ0v) is 17.9. The Labute approximate surface area is 176 Å². The lowest BCUT2D eigenvalue weighted by molar-refractivity contribution is 0.0936. The average molecular weight is 409 g/mol. The molecule has 0 spiro atoms. The van der Waals surface area contributed by atoms with Gasteiger partial charge in [-0.1, -0.05) is 23.4 Å². The maximum atomic E-state index is 12.8. The molecule has 1 N–H and O–H groups in total. The number of rotatable bonds is 8. The van der Waals surface area contributed by atoms with Gasteiger partial charge in [0.05, 0.1) is 31.6 Å². The topological polar surface area (TPSA) is 81.5 Å². The second kappa shape index (κ2) is 9.41. The summed E-state index contributed by atoms with van der Waals surface area (Å²) in [5, 5.41) is 11.2. The minimum atomic E-state index is -0.262. The van der Waals surface area contributed by atoms with Gasteiger partial charge in [0.2, 0.25) is 0 Å². The van der Waals surface area contributed by atoms with Gasteiger partial charge in [-0.25, -0.2) is 4.68 Å². The zero-order valence-electron chi connectivity index (χ0n) is 17.9. The standard InChI is InChI=1S/C22H27N5O3/c1-15-21(24-25-27(15)17-7-6-8-19(13-17)30-5)22(28)23-14-20(26(2)3)16-9-11-18(29-4)12-10-16/h6-13,20H,14H2,1-5H3,(H,23,28). The molecule has 30 heavy (non-hydrogen) atoms. The van der Waals surface area contributed by atoms with Crippen molar-refractivity contribution in [3.05, 3.63) is 65.5 Å². The van der Waals surface area contributed by atoms with Gasteiger partial charge in [-0.15, -0.1) is 5.10 Å². The Morgan fingerprint density at radius 2 is 1.80 bits per heavy atom. The van der Waals surface area contributed by atoms with Crippen LogP contribution in [0, 0.1) is 6.92 Å². The zero-order chi connectivity index (χ0) is 21.7. The molecule has 8 nitrogen and oxygen atoms in total. The molecular formula is C22H27N5O3. The molecule has 1 heterocycles. The number of hydrogen-bond donors (Lipinski definition) is 1. The van der Waals surface area contributed by atoms with Crippen LogP contribution >= 0.6 is 0 Å². The maximum absolute atomic E-state index is 12.8. The van der Waals surface area contributed by atoms with E-state index < -0.39 is 0 Å². The van der Waals surface area contributed by atoms with Gasteiger partial charge in [-0.3, -0.25) is 4.79 Å². The molecule has 0 aliphatic rings. The Hall–Kier alpha value is -3.39. The summed E-state index contributed by atoms with van der Waals surface area (Å²) in [5.74, 6) is 1.24. The number of nitrogens with zero attached hydrogens (tertiary/aromatic N) is 4. The van der Waals surface area contributed by atoms with Crippen molar-refractivity contribution >= 4 is 5.91 Å². The fourth-order valence-corrected chi connectivity index (χ4v) is 3.22. The molecule has 0 saturated heterocycles. The second-order valence-electron chi connectivity index (χ2n) is 7.10. The number of carbonyl (C=O) groups excluding carboxylic acids is 1. The Morgan fingerprint density at radius 3 is 2.43 bits per heavy atom. The highest BCUT2D eigenvalue weighted by molar-refractivity contribution is 5.93. The number of amides is 1. The van der Waals surface area contributed by atoms with Crippen molar-refractivity contribution in [3.63, 3.8) is 0 Å². The molecule has 1 atom stereocenters. The summed E-state index contributed by atoms with van der Waals surface area (Å²) in [4.78, 5) is 14.9. The first kappa shape index (κ1) is 21.3. The molecule has 2 aromatic carbocycles. The molecule has 0 aliphatic carbocycles. The molecule has 0 radical (unpaired) electrons. The van der Waals surface area contributed by atoms with E-state index in [1.54, 1.807) is 18.9 Å². The predicted octanol–water partition coefficient (Wildman–Crippen LogP) is 2.63. The van der Waals surface area contributed by atoms with E-state index in [1.165, 1.54) is 0 Å². The first-order valence-electron chi connectivity index (χ1n) is 9.60. The van der Waals surface area contributed by atoms with Gasteiger partial charge in [0.1, 0.15) is 11.5 Å². The SMILES string of the molecule is COc1ccc(C(CNC(=O)c2nnn(-c3cccc(OC)c3)c2C)N(C)C)cc1. The summed E-state index contributed by atoms with van der Waals surface area (Å²) >= 11 is 0. The Balaban J connectivity index is 1.74. The molecule has 0 bridgehead atoms. The van der Waals surface area contributed by atoms with Gasteiger partial charge in [0.15, 0.2) is 5.69 Å². The highest BCUT2D eigenvalue weighted by Crippen LogP contribution is 2.21. The highest BCUT2D eigenvalue weighted by atomic mass is 16.5. The van der Waals surface area contributed by atoms with Gasteiger partial charge in [0.25, 0.3) is 5.91 Å². The fourth-order valence-electron chi connectivity index (χ4n) is 3.22. The second-order valence-corrected chi connectivity index (χ2v) is 7.10. The predicted molar refractivity (Wildman–Crippen MR) is 114 cm³/mol. The van der Waals surface area contributed by atoms with Crippen molar-refractivity contribution < 1.29 is 14.3 Å². The van der Waals surface area contributed by atoms with E-state index in [0.717, 1.165) is 17.0 Å². The van der Waals surface area contributed by atoms with Gasteiger partial charge >= 0.3 is 0 Å². The molecular weight excluding hydrogens is 382 g/mol. The van der Waals surface area contributed by atoms with E-state index >= 15 is 0 Å². The highest BCUT2D eigenvalue weighted by Gasteiger charge is 2.20. The van der Waals surface area contributed by atoms with Crippen LogP contribution in [0.3, 0.4) is 0 Å². The summed E-state index contributed by atoms with van der Waals surface area (Å²) in [6.45, 7) is 2.25. The van der Waals surface area contributed by atoms with Crippen molar-refractivity contribution in [2.75, 3.05) is 34.9 Å². The smallest absolute Gasteiger partial charge is 0.273 e. The largest absolute Gasteiger partial charge is 0.497 e. The number of methoxy groups -OCH3 is 2. The Bertz CT molecular complexity index is 998. The lowest BCUT2D eigenvalue weighted by Crippen LogP contribution is -2.35. The summed E-state index contributed by atoms with van der Waals surface area (Å²) in [5.41, 5.74) is 2.82. The Kier molecular flexibility index (Phi) is 6.68. The number of aromatic nitrogens is 3. The molecule has 0 fully saturated rings. The van der Waals surface area contributed by atoms with Crippen LogP contribution in [0.1, 0.15) is 27.8 Å². The number of carbonyl (C=O) groups is 1. The van der Waals surface area contributed by atoms with Crippen LogP contribution < -0.4 is 14.8 Å². The quantitative estimate of drug-likeness (QED) is 0.616. The molecule has 158 valence electrons. The number of benzene rings is 2. The summed E-state index contributed by atoms with van der Waals surface area (Å²) in [6, 6.07) is 15.3. The molecule has 1 unspecified atom stereocenters. The van der Waals surface area contributed by atoms with Crippen molar-refractivity contribution in [3.8, 4) is 17.2 Å². The molecule has 0 aliphatic heterocycles. The fraction of sp³-hybridized carbons (Fsp3) is 0.318. The van der Waals surface area contributed by atoms with Crippen LogP contribution in [-0.2, 0) is 0 Å². The van der Waals surface area contributed by atoms with Crippen LogP contribution in [0.2, 0.25) is 0 Å². The van der Waals surface area contributed by atoms with Crippen LogP contribution in [0.15, 0.2) is 48.5 Å². The minimum Gasteiger partial charge on any atom is -0.497 e. The lowest BCUT2D eigenvalue weighted by Gasteiger charge is -2.25. The van der Waals surface area contributed by atoms with Crippen LogP contribution in [0.4, 0.5) is 0 Å². The van der Waals surface area contributed by atoms with E-state index in [0.29, 0.717) is 23.7 Å². The summed E-state index contributed by atoms with van der Waals surface area (Å²) < 4.78 is 12.1. The number of ether oxygens (including phenoxy) is 2. The van der Waals surface area contributed by atoms with E-state index in [4.69, 9.17) is 9.47 Å². The maximum Gasteiger partial charge on any atom is 0.273 e. The van der Waals surface area contributed by atoms with E-state index in [2.05, 4.69) is 20.5 Å². The molecule has 1 aromatic heterocycles. The van der Waals surface area contributed by atoms with Crippen LogP contribution in [0.25, 0.3) is 5.69 Å². The van der Waals surface area contributed by atoms with Gasteiger partial charge in [-0.05, 0) is 50.8 Å². The molecule has 3 aromatic rings. The van der Waals surface area contributed by atoms with Crippen molar-refractivity contribution in [1.29, 1.82) is 0 Å². The monoisotopic (exact) mass is 409 g/mol. The first-order chi connectivity index (χ1) is 14.4. The number of nitrogens with one attached hydrogen (secondary N) is 1. The first-order valence-corrected chi connectivity index (χ1v) is 9.60. The summed E-state index contributed by atoms with van der Waals surface area (Å²) in [6.07, 6.45) is 0. The molecule has 0 saturated carbocycles. The summed E-state index contributed by atoms with van der Waals surface area (Å²) in [7, 11) is 7.20.